The van der Waals surface area contributed by atoms with E-state index in [0.29, 0.717) is 5.02 Å². The molecule has 5 heteroatoms. The minimum absolute atomic E-state index is 0.156. The lowest BCUT2D eigenvalue weighted by Crippen LogP contribution is -2.34. The van der Waals surface area contributed by atoms with Gasteiger partial charge in [-0.1, -0.05) is 66.9 Å². The predicted molar refractivity (Wildman–Crippen MR) is 109 cm³/mol. The van der Waals surface area contributed by atoms with Crippen LogP contribution in [0.3, 0.4) is 0 Å². The molecule has 0 unspecified atom stereocenters. The van der Waals surface area contributed by atoms with Gasteiger partial charge in [0.1, 0.15) is 11.6 Å². The summed E-state index contributed by atoms with van der Waals surface area (Å²) in [6, 6.07) is 17.6. The van der Waals surface area contributed by atoms with Gasteiger partial charge in [0.05, 0.1) is 11.1 Å². The van der Waals surface area contributed by atoms with Crippen LogP contribution in [0, 0.1) is 0 Å². The third-order valence-corrected chi connectivity index (χ3v) is 6.36. The molecule has 1 aliphatic rings. The number of hydrogen-bond acceptors (Lipinski definition) is 4. The fourth-order valence-electron chi connectivity index (χ4n) is 3.72. The molecule has 3 aromatic rings. The van der Waals surface area contributed by atoms with E-state index in [0.717, 1.165) is 47.5 Å². The van der Waals surface area contributed by atoms with Crippen molar-refractivity contribution >= 4 is 28.9 Å². The third-order valence-electron chi connectivity index (χ3n) is 5.17. The van der Waals surface area contributed by atoms with Crippen LogP contribution in [0.4, 0.5) is 0 Å². The maximum Gasteiger partial charge on any atom is 0.316 e. The smallest absolute Gasteiger partial charge is 0.316 e. The zero-order valence-electron chi connectivity index (χ0n) is 14.9. The first-order valence-electron chi connectivity index (χ1n) is 9.10. The van der Waals surface area contributed by atoms with Crippen LogP contribution in [0.5, 0.6) is 0 Å². The van der Waals surface area contributed by atoms with Crippen molar-refractivity contribution in [1.29, 1.82) is 0 Å². The van der Waals surface area contributed by atoms with E-state index in [1.165, 1.54) is 0 Å². The third kappa shape index (κ3) is 3.78. The quantitative estimate of drug-likeness (QED) is 0.494. The summed E-state index contributed by atoms with van der Waals surface area (Å²) in [5.74, 6) is -0.156. The summed E-state index contributed by atoms with van der Waals surface area (Å²) in [6.07, 6.45) is 3.71. The Balaban J connectivity index is 1.48. The second-order valence-corrected chi connectivity index (χ2v) is 8.18. The SMILES string of the molecule is O=C(OCc1csc(-c2ccccc2)n1)C1(c2ccc(Cl)cc2)CCCC1. The van der Waals surface area contributed by atoms with E-state index in [-0.39, 0.29) is 12.6 Å². The average molecular weight is 398 g/mol. The maximum atomic E-state index is 13.0. The summed E-state index contributed by atoms with van der Waals surface area (Å²) in [7, 11) is 0. The Morgan fingerprint density at radius 1 is 1.07 bits per heavy atom. The molecule has 1 saturated carbocycles. The molecule has 0 amide bonds. The number of aromatic nitrogens is 1. The Morgan fingerprint density at radius 3 is 2.48 bits per heavy atom. The molecular formula is C22H20ClNO2S. The molecule has 2 aromatic carbocycles. The lowest BCUT2D eigenvalue weighted by molar-refractivity contribution is -0.152. The average Bonchev–Trinajstić information content (AvgIpc) is 3.38. The van der Waals surface area contributed by atoms with Gasteiger partial charge >= 0.3 is 5.97 Å². The summed E-state index contributed by atoms with van der Waals surface area (Å²) in [5.41, 5.74) is 2.31. The molecule has 3 nitrogen and oxygen atoms in total. The van der Waals surface area contributed by atoms with Crippen LogP contribution in [0.2, 0.25) is 5.02 Å². The number of ether oxygens (including phenoxy) is 1. The number of esters is 1. The first kappa shape index (κ1) is 18.2. The summed E-state index contributed by atoms with van der Waals surface area (Å²) >= 11 is 7.58. The van der Waals surface area contributed by atoms with Gasteiger partial charge in [-0.2, -0.15) is 0 Å². The first-order chi connectivity index (χ1) is 13.2. The van der Waals surface area contributed by atoms with Crippen molar-refractivity contribution in [2.24, 2.45) is 0 Å². The van der Waals surface area contributed by atoms with E-state index in [1.807, 2.05) is 60.0 Å². The number of benzene rings is 2. The molecule has 0 saturated heterocycles. The van der Waals surface area contributed by atoms with Crippen LogP contribution in [0.15, 0.2) is 60.0 Å². The van der Waals surface area contributed by atoms with Crippen LogP contribution in [0.1, 0.15) is 36.9 Å². The van der Waals surface area contributed by atoms with Gasteiger partial charge < -0.3 is 4.74 Å². The number of rotatable bonds is 5. The lowest BCUT2D eigenvalue weighted by atomic mass is 9.79. The lowest BCUT2D eigenvalue weighted by Gasteiger charge is -2.27. The molecule has 0 bridgehead atoms. The molecule has 1 heterocycles. The number of carbonyl (C=O) groups excluding carboxylic acids is 1. The van der Waals surface area contributed by atoms with Crippen molar-refractivity contribution in [2.45, 2.75) is 37.7 Å². The van der Waals surface area contributed by atoms with Crippen LogP contribution in [0.25, 0.3) is 10.6 Å². The number of thiazole rings is 1. The van der Waals surface area contributed by atoms with Gasteiger partial charge in [-0.15, -0.1) is 11.3 Å². The van der Waals surface area contributed by atoms with Gasteiger partial charge in [-0.3, -0.25) is 4.79 Å². The van der Waals surface area contributed by atoms with E-state index >= 15 is 0 Å². The van der Waals surface area contributed by atoms with Crippen molar-refractivity contribution in [1.82, 2.24) is 4.98 Å². The highest BCUT2D eigenvalue weighted by Crippen LogP contribution is 2.42. The maximum absolute atomic E-state index is 13.0. The first-order valence-corrected chi connectivity index (χ1v) is 10.4. The highest BCUT2D eigenvalue weighted by molar-refractivity contribution is 7.13. The largest absolute Gasteiger partial charge is 0.458 e. The normalized spacial score (nSPS) is 15.6. The van der Waals surface area contributed by atoms with Crippen molar-refractivity contribution in [2.75, 3.05) is 0 Å². The molecule has 0 spiro atoms. The number of nitrogens with zero attached hydrogens (tertiary/aromatic N) is 1. The topological polar surface area (TPSA) is 39.2 Å². The van der Waals surface area contributed by atoms with Gasteiger partial charge in [0, 0.05) is 16.0 Å². The Kier molecular flexibility index (Phi) is 5.28. The molecule has 0 aliphatic heterocycles. The fourth-order valence-corrected chi connectivity index (χ4v) is 4.66. The monoisotopic (exact) mass is 397 g/mol. The summed E-state index contributed by atoms with van der Waals surface area (Å²) in [6.45, 7) is 0.206. The minimum Gasteiger partial charge on any atom is -0.458 e. The Bertz CT molecular complexity index is 915. The zero-order chi connectivity index (χ0) is 18.7. The standard InChI is InChI=1S/C22H20ClNO2S/c23-18-10-8-17(9-11-18)22(12-4-5-13-22)21(25)26-14-19-15-27-20(24-19)16-6-2-1-3-7-16/h1-3,6-11,15H,4-5,12-14H2. The molecule has 1 aromatic heterocycles. The summed E-state index contributed by atoms with van der Waals surface area (Å²) < 4.78 is 5.72. The van der Waals surface area contributed by atoms with Crippen molar-refractivity contribution < 1.29 is 9.53 Å². The van der Waals surface area contributed by atoms with Gasteiger partial charge in [0.25, 0.3) is 0 Å². The van der Waals surface area contributed by atoms with Gasteiger partial charge in [0.15, 0.2) is 0 Å². The van der Waals surface area contributed by atoms with Gasteiger partial charge in [0.2, 0.25) is 0 Å². The van der Waals surface area contributed by atoms with E-state index < -0.39 is 5.41 Å². The van der Waals surface area contributed by atoms with Crippen molar-refractivity contribution in [3.05, 3.63) is 76.3 Å². The van der Waals surface area contributed by atoms with Crippen LogP contribution in [-0.2, 0) is 21.6 Å². The van der Waals surface area contributed by atoms with E-state index in [4.69, 9.17) is 16.3 Å². The van der Waals surface area contributed by atoms with Crippen LogP contribution in [-0.4, -0.2) is 11.0 Å². The predicted octanol–water partition coefficient (Wildman–Crippen LogP) is 6.02. The van der Waals surface area contributed by atoms with Gasteiger partial charge in [-0.25, -0.2) is 4.98 Å². The highest BCUT2D eigenvalue weighted by Gasteiger charge is 2.44. The summed E-state index contributed by atoms with van der Waals surface area (Å²) in [4.78, 5) is 17.6. The van der Waals surface area contributed by atoms with Crippen LogP contribution >= 0.6 is 22.9 Å². The molecule has 4 rings (SSSR count). The molecule has 1 aliphatic carbocycles. The number of carbonyl (C=O) groups is 1. The number of halogens is 1. The molecule has 138 valence electrons. The molecule has 0 atom stereocenters. The van der Waals surface area contributed by atoms with Gasteiger partial charge in [-0.05, 0) is 30.5 Å². The summed E-state index contributed by atoms with van der Waals surface area (Å²) in [5, 5.41) is 3.57. The molecular weight excluding hydrogens is 378 g/mol. The molecule has 0 N–H and O–H groups in total. The second kappa shape index (κ2) is 7.83. The highest BCUT2D eigenvalue weighted by atomic mass is 35.5. The molecule has 1 fully saturated rings. The Hall–Kier alpha value is -2.17. The van der Waals surface area contributed by atoms with E-state index in [1.54, 1.807) is 11.3 Å². The Labute approximate surface area is 168 Å². The fraction of sp³-hybridized carbons (Fsp3) is 0.273. The molecule has 0 radical (unpaired) electrons. The Morgan fingerprint density at radius 2 is 1.78 bits per heavy atom. The van der Waals surface area contributed by atoms with E-state index in [2.05, 4.69) is 4.98 Å². The van der Waals surface area contributed by atoms with E-state index in [9.17, 15) is 4.79 Å². The molecule has 27 heavy (non-hydrogen) atoms. The van der Waals surface area contributed by atoms with Crippen molar-refractivity contribution in [3.63, 3.8) is 0 Å². The number of hydrogen-bond donors (Lipinski definition) is 0. The van der Waals surface area contributed by atoms with Crippen molar-refractivity contribution in [3.8, 4) is 10.6 Å². The zero-order valence-corrected chi connectivity index (χ0v) is 16.4. The second-order valence-electron chi connectivity index (χ2n) is 6.88. The minimum atomic E-state index is -0.553. The van der Waals surface area contributed by atoms with Crippen LogP contribution < -0.4 is 0 Å².